The van der Waals surface area contributed by atoms with Crippen LogP contribution in [0.2, 0.25) is 0 Å². The van der Waals surface area contributed by atoms with Crippen molar-refractivity contribution in [2.75, 3.05) is 19.6 Å². The molecular weight excluding hydrogens is 555 g/mol. The minimum atomic E-state index is 0.836. The number of allylic oxidation sites excluding steroid dienone is 3. The molecule has 0 aromatic rings. The van der Waals surface area contributed by atoms with Crippen LogP contribution in [0.15, 0.2) is 37.0 Å². The molecular formula is C45H87N. The minimum absolute atomic E-state index is 0.836. The summed E-state index contributed by atoms with van der Waals surface area (Å²) >= 11 is 0. The van der Waals surface area contributed by atoms with Gasteiger partial charge in [0.2, 0.25) is 0 Å². The second-order valence-electron chi connectivity index (χ2n) is 15.0. The van der Waals surface area contributed by atoms with Crippen molar-refractivity contribution < 1.29 is 0 Å². The Balaban J connectivity index is 0.00000153. The molecule has 1 unspecified atom stereocenters. The first-order valence-electron chi connectivity index (χ1n) is 21.2. The average molecular weight is 642 g/mol. The lowest BCUT2D eigenvalue weighted by molar-refractivity contribution is 0.294. The van der Waals surface area contributed by atoms with E-state index in [2.05, 4.69) is 70.9 Å². The molecule has 272 valence electrons. The van der Waals surface area contributed by atoms with E-state index in [0.717, 1.165) is 37.4 Å². The van der Waals surface area contributed by atoms with Gasteiger partial charge in [0.25, 0.3) is 0 Å². The molecule has 46 heavy (non-hydrogen) atoms. The first-order chi connectivity index (χ1) is 22.5. The Hall–Kier alpha value is -0.820. The molecule has 0 aliphatic heterocycles. The Bertz CT molecular complexity index is 650. The van der Waals surface area contributed by atoms with E-state index in [1.807, 2.05) is 0 Å². The average Bonchev–Trinajstić information content (AvgIpc) is 3.07. The van der Waals surface area contributed by atoms with Crippen molar-refractivity contribution in [2.24, 2.45) is 17.8 Å². The number of nitrogens with zero attached hydrogens (tertiary/aromatic N) is 1. The van der Waals surface area contributed by atoms with Crippen LogP contribution in [0.1, 0.15) is 214 Å². The molecule has 0 spiro atoms. The molecule has 0 heterocycles. The van der Waals surface area contributed by atoms with E-state index in [0.29, 0.717) is 0 Å². The molecule has 0 radical (unpaired) electrons. The highest BCUT2D eigenvalue weighted by Crippen LogP contribution is 2.31. The summed E-state index contributed by atoms with van der Waals surface area (Å²) in [7, 11) is 0. The van der Waals surface area contributed by atoms with E-state index >= 15 is 0 Å². The molecule has 1 atom stereocenters. The fraction of sp³-hybridized carbons (Fsp3) is 0.867. The van der Waals surface area contributed by atoms with Crippen LogP contribution in [-0.4, -0.2) is 24.5 Å². The van der Waals surface area contributed by atoms with Gasteiger partial charge in [0.05, 0.1) is 0 Å². The van der Waals surface area contributed by atoms with Gasteiger partial charge in [-0.25, -0.2) is 0 Å². The van der Waals surface area contributed by atoms with Crippen LogP contribution < -0.4 is 0 Å². The first-order valence-corrected chi connectivity index (χ1v) is 21.2. The molecule has 0 amide bonds. The van der Waals surface area contributed by atoms with Gasteiger partial charge < -0.3 is 0 Å². The van der Waals surface area contributed by atoms with Crippen LogP contribution in [0.25, 0.3) is 0 Å². The van der Waals surface area contributed by atoms with Gasteiger partial charge in [-0.3, -0.25) is 4.90 Å². The monoisotopic (exact) mass is 642 g/mol. The predicted octanol–water partition coefficient (Wildman–Crippen LogP) is 15.5. The standard InChI is InChI=1S/C34H67N.C11H20/c1-6-10-11-12-13-14-15-16-17-18-19-20-21-22-23-24-25-26-27-29-34(28-7-2)31-30-33(5)32-35(8-3)9-4;1-3-5-11-8-6-10(4-2)7-9-11/h13-14,34H,5-12,15-32H2,1-4H3;4,10-11H,2-3,5-9H2,1H3/b14-13-;. The lowest BCUT2D eigenvalue weighted by Gasteiger charge is -2.25. The van der Waals surface area contributed by atoms with Crippen molar-refractivity contribution in [3.8, 4) is 0 Å². The normalized spacial score (nSPS) is 17.3. The summed E-state index contributed by atoms with van der Waals surface area (Å²) < 4.78 is 0. The molecule has 1 aliphatic rings. The zero-order valence-electron chi connectivity index (χ0n) is 32.7. The highest BCUT2D eigenvalue weighted by Gasteiger charge is 2.17. The fourth-order valence-corrected chi connectivity index (χ4v) is 7.42. The van der Waals surface area contributed by atoms with Crippen molar-refractivity contribution >= 4 is 0 Å². The van der Waals surface area contributed by atoms with E-state index in [9.17, 15) is 0 Å². The molecule has 0 saturated heterocycles. The Kier molecular flexibility index (Phi) is 34.9. The number of rotatable bonds is 31. The van der Waals surface area contributed by atoms with Crippen LogP contribution in [0.5, 0.6) is 0 Å². The first kappa shape index (κ1) is 45.2. The van der Waals surface area contributed by atoms with Crippen molar-refractivity contribution in [2.45, 2.75) is 214 Å². The highest BCUT2D eigenvalue weighted by molar-refractivity contribution is 4.97. The molecule has 0 aromatic carbocycles. The maximum absolute atomic E-state index is 4.37. The largest absolute Gasteiger partial charge is 0.300 e. The predicted molar refractivity (Wildman–Crippen MR) is 213 cm³/mol. The number of hydrogen-bond donors (Lipinski definition) is 0. The van der Waals surface area contributed by atoms with E-state index < -0.39 is 0 Å². The molecule has 0 N–H and O–H groups in total. The topological polar surface area (TPSA) is 3.24 Å². The Morgan fingerprint density at radius 2 is 1.13 bits per heavy atom. The van der Waals surface area contributed by atoms with Gasteiger partial charge in [-0.1, -0.05) is 181 Å². The minimum Gasteiger partial charge on any atom is -0.300 e. The van der Waals surface area contributed by atoms with E-state index in [1.54, 1.807) is 0 Å². The summed E-state index contributed by atoms with van der Waals surface area (Å²) in [6.07, 6.45) is 46.4. The fourth-order valence-electron chi connectivity index (χ4n) is 7.42. The molecule has 0 aromatic heterocycles. The lowest BCUT2D eigenvalue weighted by Crippen LogP contribution is -2.25. The number of likely N-dealkylation sites (N-methyl/N-ethyl adjacent to an activating group) is 1. The second kappa shape index (κ2) is 35.5. The third-order valence-corrected chi connectivity index (χ3v) is 10.7. The maximum Gasteiger partial charge on any atom is 0.0189 e. The summed E-state index contributed by atoms with van der Waals surface area (Å²) in [6, 6.07) is 0. The Labute approximate surface area is 292 Å². The number of hydrogen-bond acceptors (Lipinski definition) is 1. The van der Waals surface area contributed by atoms with Crippen LogP contribution in [0.4, 0.5) is 0 Å². The third-order valence-electron chi connectivity index (χ3n) is 10.7. The maximum atomic E-state index is 4.37. The molecule has 0 bridgehead atoms. The quantitative estimate of drug-likeness (QED) is 0.0538. The molecule has 1 saturated carbocycles. The SMILES string of the molecule is C=C(CCC(CCC)CCCCCCCCCCCCCC/C=C\CCCCC)CN(CC)CC.C=CC1CCC(CCC)CC1. The highest BCUT2D eigenvalue weighted by atomic mass is 15.1. The van der Waals surface area contributed by atoms with Gasteiger partial charge in [0, 0.05) is 6.54 Å². The molecule has 1 heteroatoms. The summed E-state index contributed by atoms with van der Waals surface area (Å²) in [5.41, 5.74) is 1.44. The summed E-state index contributed by atoms with van der Waals surface area (Å²) in [5.74, 6) is 2.80. The zero-order valence-corrected chi connectivity index (χ0v) is 32.7. The molecule has 1 fully saturated rings. The number of unbranched alkanes of at least 4 members (excludes halogenated alkanes) is 15. The van der Waals surface area contributed by atoms with Crippen molar-refractivity contribution in [1.82, 2.24) is 4.90 Å². The van der Waals surface area contributed by atoms with Gasteiger partial charge in [-0.05, 0) is 95.1 Å². The Morgan fingerprint density at radius 3 is 1.61 bits per heavy atom. The summed E-state index contributed by atoms with van der Waals surface area (Å²) in [5, 5.41) is 0. The van der Waals surface area contributed by atoms with Crippen molar-refractivity contribution in [3.05, 3.63) is 37.0 Å². The van der Waals surface area contributed by atoms with E-state index in [4.69, 9.17) is 0 Å². The Morgan fingerprint density at radius 1 is 0.609 bits per heavy atom. The van der Waals surface area contributed by atoms with E-state index in [-0.39, 0.29) is 0 Å². The smallest absolute Gasteiger partial charge is 0.0189 e. The summed E-state index contributed by atoms with van der Waals surface area (Å²) in [6.45, 7) is 23.1. The van der Waals surface area contributed by atoms with Gasteiger partial charge in [0.1, 0.15) is 0 Å². The van der Waals surface area contributed by atoms with Crippen molar-refractivity contribution in [1.29, 1.82) is 0 Å². The van der Waals surface area contributed by atoms with Crippen LogP contribution in [0, 0.1) is 17.8 Å². The van der Waals surface area contributed by atoms with Crippen LogP contribution in [-0.2, 0) is 0 Å². The van der Waals surface area contributed by atoms with E-state index in [1.165, 1.54) is 185 Å². The zero-order chi connectivity index (χ0) is 33.9. The van der Waals surface area contributed by atoms with Gasteiger partial charge >= 0.3 is 0 Å². The second-order valence-corrected chi connectivity index (χ2v) is 15.0. The van der Waals surface area contributed by atoms with Crippen LogP contribution in [0.3, 0.4) is 0 Å². The summed E-state index contributed by atoms with van der Waals surface area (Å²) in [4.78, 5) is 2.49. The molecule has 1 aliphatic carbocycles. The lowest BCUT2D eigenvalue weighted by atomic mass is 9.80. The third kappa shape index (κ3) is 29.3. The van der Waals surface area contributed by atoms with Crippen molar-refractivity contribution in [3.63, 3.8) is 0 Å². The van der Waals surface area contributed by atoms with Gasteiger partial charge in [-0.2, -0.15) is 0 Å². The van der Waals surface area contributed by atoms with Gasteiger partial charge in [0.15, 0.2) is 0 Å². The molecule has 1 rings (SSSR count). The van der Waals surface area contributed by atoms with Gasteiger partial charge in [-0.15, -0.1) is 6.58 Å². The molecule has 1 nitrogen and oxygen atoms in total. The van der Waals surface area contributed by atoms with Crippen LogP contribution >= 0.6 is 0 Å².